The molecule has 3 rings (SSSR count). The molecule has 2 atom stereocenters. The fourth-order valence-corrected chi connectivity index (χ4v) is 6.33. The highest BCUT2D eigenvalue weighted by atomic mass is 32.2. The zero-order valence-corrected chi connectivity index (χ0v) is 14.5. The molecule has 0 aliphatic carbocycles. The second-order valence-electron chi connectivity index (χ2n) is 5.89. The summed E-state index contributed by atoms with van der Waals surface area (Å²) < 4.78 is 16.4. The number of hydrogen-bond donors (Lipinski definition) is 0. The van der Waals surface area contributed by atoms with Crippen LogP contribution in [0.1, 0.15) is 31.2 Å². The van der Waals surface area contributed by atoms with Gasteiger partial charge in [0.2, 0.25) is 0 Å². The maximum atomic E-state index is 13.3. The lowest BCUT2D eigenvalue weighted by molar-refractivity contribution is 0.251. The Labute approximate surface area is 137 Å². The van der Waals surface area contributed by atoms with Crippen molar-refractivity contribution in [3.05, 3.63) is 53.4 Å². The molecule has 0 radical (unpaired) electrons. The molecule has 22 heavy (non-hydrogen) atoms. The number of nitrogens with zero attached hydrogens (tertiary/aromatic N) is 1. The first-order valence-electron chi connectivity index (χ1n) is 7.89. The number of thiophene rings is 1. The predicted molar refractivity (Wildman–Crippen MR) is 97.0 cm³/mol. The molecule has 0 spiro atoms. The lowest BCUT2D eigenvalue weighted by Gasteiger charge is -2.37. The minimum Gasteiger partial charge on any atom is -0.247 e. The van der Waals surface area contributed by atoms with Gasteiger partial charge in [-0.25, -0.2) is 8.51 Å². The van der Waals surface area contributed by atoms with Crippen molar-refractivity contribution < 1.29 is 4.21 Å². The first-order chi connectivity index (χ1) is 10.7. The van der Waals surface area contributed by atoms with E-state index in [1.165, 1.54) is 12.0 Å². The lowest BCUT2D eigenvalue weighted by atomic mass is 9.98. The summed E-state index contributed by atoms with van der Waals surface area (Å²) in [6.45, 7) is 0.902. The van der Waals surface area contributed by atoms with Gasteiger partial charge in [0.1, 0.15) is 0 Å². The molecular formula is C18H23NOS2. The van der Waals surface area contributed by atoms with Gasteiger partial charge in [0.25, 0.3) is 0 Å². The number of rotatable bonds is 5. The Morgan fingerprint density at radius 2 is 2.00 bits per heavy atom. The van der Waals surface area contributed by atoms with E-state index >= 15 is 0 Å². The molecule has 1 aliphatic heterocycles. The topological polar surface area (TPSA) is 20.3 Å². The molecule has 1 saturated heterocycles. The number of aryl methyl sites for hydroxylation is 1. The molecule has 0 bridgehead atoms. The number of piperidine rings is 1. The highest BCUT2D eigenvalue weighted by molar-refractivity contribution is 7.99. The van der Waals surface area contributed by atoms with Crippen molar-refractivity contribution in [2.45, 2.75) is 42.4 Å². The van der Waals surface area contributed by atoms with Crippen molar-refractivity contribution in [3.63, 3.8) is 0 Å². The molecule has 1 fully saturated rings. The Morgan fingerprint density at radius 3 is 2.73 bits per heavy atom. The summed E-state index contributed by atoms with van der Waals surface area (Å²) in [7, 11) is -2.32. The highest BCUT2D eigenvalue weighted by Gasteiger charge is 2.29. The number of benzene rings is 1. The SMILES string of the molecule is C=S(=O)(c1cccs1)N1CCCCC1CCc1ccccc1. The van der Waals surface area contributed by atoms with Gasteiger partial charge in [-0.05, 0) is 48.6 Å². The van der Waals surface area contributed by atoms with E-state index in [1.54, 1.807) is 11.3 Å². The van der Waals surface area contributed by atoms with Crippen molar-refractivity contribution in [1.82, 2.24) is 4.31 Å². The van der Waals surface area contributed by atoms with Crippen LogP contribution in [-0.4, -0.2) is 27.0 Å². The average molecular weight is 334 g/mol. The van der Waals surface area contributed by atoms with Crippen LogP contribution >= 0.6 is 11.3 Å². The van der Waals surface area contributed by atoms with Gasteiger partial charge in [0.05, 0.1) is 13.9 Å². The van der Waals surface area contributed by atoms with Crippen LogP contribution < -0.4 is 0 Å². The van der Waals surface area contributed by atoms with Gasteiger partial charge in [0, 0.05) is 12.6 Å². The van der Waals surface area contributed by atoms with Crippen LogP contribution in [0, 0.1) is 0 Å². The highest BCUT2D eigenvalue weighted by Crippen LogP contribution is 2.29. The van der Waals surface area contributed by atoms with Crippen LogP contribution in [0.25, 0.3) is 0 Å². The first kappa shape index (κ1) is 15.8. The summed E-state index contributed by atoms with van der Waals surface area (Å²) in [4.78, 5) is 0. The van der Waals surface area contributed by atoms with E-state index < -0.39 is 9.71 Å². The fourth-order valence-electron chi connectivity index (χ4n) is 3.19. The molecule has 2 heterocycles. The minimum absolute atomic E-state index is 0.376. The molecule has 1 aromatic heterocycles. The molecule has 1 aliphatic rings. The Bertz CT molecular complexity index is 677. The summed E-state index contributed by atoms with van der Waals surface area (Å²) in [6, 6.07) is 14.9. The lowest BCUT2D eigenvalue weighted by Crippen LogP contribution is -2.43. The fraction of sp³-hybridized carbons (Fsp3) is 0.389. The van der Waals surface area contributed by atoms with Gasteiger partial charge in [0.15, 0.2) is 0 Å². The Balaban J connectivity index is 1.74. The van der Waals surface area contributed by atoms with Crippen molar-refractivity contribution in [3.8, 4) is 0 Å². The molecule has 0 amide bonds. The van der Waals surface area contributed by atoms with Gasteiger partial charge in [-0.2, -0.15) is 0 Å². The quantitative estimate of drug-likeness (QED) is 0.750. The second kappa shape index (κ2) is 6.99. The van der Waals surface area contributed by atoms with Crippen molar-refractivity contribution in [1.29, 1.82) is 0 Å². The molecule has 118 valence electrons. The Hall–Kier alpha value is -1.10. The second-order valence-corrected chi connectivity index (χ2v) is 9.28. The average Bonchev–Trinajstić information content (AvgIpc) is 3.09. The Kier molecular flexibility index (Phi) is 5.01. The van der Waals surface area contributed by atoms with Crippen LogP contribution in [0.5, 0.6) is 0 Å². The van der Waals surface area contributed by atoms with E-state index in [1.807, 2.05) is 17.5 Å². The molecule has 2 nitrogen and oxygen atoms in total. The zero-order chi connectivity index (χ0) is 15.4. The van der Waals surface area contributed by atoms with Gasteiger partial charge < -0.3 is 0 Å². The minimum atomic E-state index is -2.32. The van der Waals surface area contributed by atoms with Gasteiger partial charge in [-0.3, -0.25) is 0 Å². The summed E-state index contributed by atoms with van der Waals surface area (Å²) in [5, 5.41) is 1.99. The third-order valence-corrected chi connectivity index (χ3v) is 8.11. The molecule has 0 N–H and O–H groups in total. The van der Waals surface area contributed by atoms with Gasteiger partial charge >= 0.3 is 0 Å². The summed E-state index contributed by atoms with van der Waals surface area (Å²) >= 11 is 1.56. The maximum Gasteiger partial charge on any atom is 0.0969 e. The van der Waals surface area contributed by atoms with Crippen LogP contribution in [0.3, 0.4) is 0 Å². The van der Waals surface area contributed by atoms with E-state index in [2.05, 4.69) is 40.5 Å². The monoisotopic (exact) mass is 333 g/mol. The van der Waals surface area contributed by atoms with E-state index in [-0.39, 0.29) is 0 Å². The predicted octanol–water partition coefficient (Wildman–Crippen LogP) is 4.23. The van der Waals surface area contributed by atoms with E-state index in [0.717, 1.165) is 36.4 Å². The first-order valence-corrected chi connectivity index (χ1v) is 10.5. The molecular weight excluding hydrogens is 310 g/mol. The maximum absolute atomic E-state index is 13.3. The number of hydrogen-bond acceptors (Lipinski definition) is 2. The van der Waals surface area contributed by atoms with E-state index in [4.69, 9.17) is 0 Å². The van der Waals surface area contributed by atoms with Crippen molar-refractivity contribution in [2.24, 2.45) is 0 Å². The molecule has 2 aromatic rings. The van der Waals surface area contributed by atoms with Crippen molar-refractivity contribution >= 4 is 26.9 Å². The molecule has 0 saturated carbocycles. The summed E-state index contributed by atoms with van der Waals surface area (Å²) in [6.07, 6.45) is 5.59. The van der Waals surface area contributed by atoms with E-state index in [0.29, 0.717) is 6.04 Å². The molecule has 1 aromatic carbocycles. The van der Waals surface area contributed by atoms with Crippen molar-refractivity contribution in [2.75, 3.05) is 6.54 Å². The van der Waals surface area contributed by atoms with E-state index in [9.17, 15) is 4.21 Å². The van der Waals surface area contributed by atoms with Gasteiger partial charge in [-0.15, -0.1) is 11.3 Å². The molecule has 2 unspecified atom stereocenters. The van der Waals surface area contributed by atoms with Gasteiger partial charge in [-0.1, -0.05) is 42.8 Å². The molecule has 4 heteroatoms. The summed E-state index contributed by atoms with van der Waals surface area (Å²) in [5.74, 6) is 4.11. The zero-order valence-electron chi connectivity index (χ0n) is 12.8. The van der Waals surface area contributed by atoms with Crippen LogP contribution in [0.2, 0.25) is 0 Å². The normalized spacial score (nSPS) is 22.3. The van der Waals surface area contributed by atoms with Crippen LogP contribution in [-0.2, 0) is 16.1 Å². The van der Waals surface area contributed by atoms with Crippen LogP contribution in [0.4, 0.5) is 0 Å². The Morgan fingerprint density at radius 1 is 1.18 bits per heavy atom. The van der Waals surface area contributed by atoms with Crippen LogP contribution in [0.15, 0.2) is 52.1 Å². The largest absolute Gasteiger partial charge is 0.247 e. The standard InChI is InChI=1S/C18H23NOS2/c1-22(20,18-11-7-15-21-18)19-14-6-5-10-17(19)13-12-16-8-3-2-4-9-16/h2-4,7-9,11,15,17H,1,5-6,10,12-14H2. The third kappa shape index (κ3) is 3.45. The smallest absolute Gasteiger partial charge is 0.0969 e. The third-order valence-electron chi connectivity index (χ3n) is 4.37. The summed E-state index contributed by atoms with van der Waals surface area (Å²) in [5.41, 5.74) is 1.36.